The summed E-state index contributed by atoms with van der Waals surface area (Å²) in [5.41, 5.74) is 12.2. The number of allylic oxidation sites excluding steroid dienone is 4. The topological polar surface area (TPSA) is 6.48 Å². The van der Waals surface area contributed by atoms with Crippen molar-refractivity contribution in [3.8, 4) is 11.1 Å². The van der Waals surface area contributed by atoms with Crippen molar-refractivity contribution in [1.82, 2.24) is 0 Å². The van der Waals surface area contributed by atoms with Gasteiger partial charge in [-0.15, -0.1) is 0 Å². The van der Waals surface area contributed by atoms with Gasteiger partial charge in [0.2, 0.25) is 0 Å². The summed E-state index contributed by atoms with van der Waals surface area (Å²) < 4.78 is 0. The minimum Gasteiger partial charge on any atom is -0.314 e. The van der Waals surface area contributed by atoms with Gasteiger partial charge in [0.25, 0.3) is 0 Å². The van der Waals surface area contributed by atoms with Crippen molar-refractivity contribution in [2.45, 2.75) is 26.7 Å². The Bertz CT molecular complexity index is 1610. The molecule has 0 unspecified atom stereocenters. The van der Waals surface area contributed by atoms with E-state index in [4.69, 9.17) is 0 Å². The van der Waals surface area contributed by atoms with Crippen molar-refractivity contribution in [3.05, 3.63) is 162 Å². The Balaban J connectivity index is 1.30. The quantitative estimate of drug-likeness (QED) is 0.211. The molecule has 0 N–H and O–H groups in total. The maximum atomic E-state index is 2.38. The van der Waals surface area contributed by atoms with Gasteiger partial charge in [0, 0.05) is 34.1 Å². The molecule has 0 bridgehead atoms. The highest BCUT2D eigenvalue weighted by Gasteiger charge is 2.17. The van der Waals surface area contributed by atoms with Gasteiger partial charge in [-0.25, -0.2) is 0 Å². The van der Waals surface area contributed by atoms with Crippen LogP contribution in [-0.4, -0.2) is 0 Å². The van der Waals surface area contributed by atoms with Crippen LogP contribution in [0.2, 0.25) is 0 Å². The molecule has 0 spiro atoms. The minimum atomic E-state index is 1.04. The van der Waals surface area contributed by atoms with Crippen molar-refractivity contribution in [2.24, 2.45) is 0 Å². The Morgan fingerprint density at radius 1 is 0.400 bits per heavy atom. The van der Waals surface area contributed by atoms with E-state index in [1.807, 2.05) is 0 Å². The van der Waals surface area contributed by atoms with Crippen LogP contribution in [0.5, 0.6) is 0 Å². The Morgan fingerprint density at radius 3 is 1.30 bits per heavy atom. The smallest absolute Gasteiger partial charge is 0.0462 e. The number of anilines is 5. The first-order valence-corrected chi connectivity index (χ1v) is 14.0. The van der Waals surface area contributed by atoms with Crippen molar-refractivity contribution < 1.29 is 0 Å². The lowest BCUT2D eigenvalue weighted by Gasteiger charge is -2.29. The predicted molar refractivity (Wildman–Crippen MR) is 171 cm³/mol. The zero-order chi connectivity index (χ0) is 27.3. The number of nitrogens with zero attached hydrogens (tertiary/aromatic N) is 2. The summed E-state index contributed by atoms with van der Waals surface area (Å²) in [5, 5.41) is 0. The highest BCUT2D eigenvalue weighted by atomic mass is 15.2. The lowest BCUT2D eigenvalue weighted by atomic mass is 10.0. The number of benzene rings is 5. The van der Waals surface area contributed by atoms with Gasteiger partial charge in [-0.1, -0.05) is 90.0 Å². The van der Waals surface area contributed by atoms with Crippen molar-refractivity contribution in [2.75, 3.05) is 9.80 Å². The molecular weight excluding hydrogens is 484 g/mol. The summed E-state index contributed by atoms with van der Waals surface area (Å²) in [6.45, 7) is 4.33. The maximum Gasteiger partial charge on any atom is 0.0462 e. The van der Waals surface area contributed by atoms with Gasteiger partial charge in [0.05, 0.1) is 0 Å². The average molecular weight is 519 g/mol. The van der Waals surface area contributed by atoms with Crippen LogP contribution in [0.4, 0.5) is 28.4 Å². The van der Waals surface area contributed by atoms with E-state index in [0.717, 1.165) is 29.9 Å². The Morgan fingerprint density at radius 2 is 0.825 bits per heavy atom. The second-order valence-electron chi connectivity index (χ2n) is 10.4. The van der Waals surface area contributed by atoms with E-state index < -0.39 is 0 Å². The van der Waals surface area contributed by atoms with E-state index in [9.17, 15) is 0 Å². The third-order valence-corrected chi connectivity index (χ3v) is 7.53. The minimum absolute atomic E-state index is 1.04. The molecule has 1 aliphatic rings. The third kappa shape index (κ3) is 5.48. The van der Waals surface area contributed by atoms with Crippen LogP contribution < -0.4 is 9.80 Å². The lowest BCUT2D eigenvalue weighted by molar-refractivity contribution is 0.875. The first-order valence-electron chi connectivity index (χ1n) is 14.0. The van der Waals surface area contributed by atoms with E-state index in [2.05, 4.69) is 169 Å². The van der Waals surface area contributed by atoms with E-state index >= 15 is 0 Å². The van der Waals surface area contributed by atoms with E-state index in [-0.39, 0.29) is 0 Å². The second kappa shape index (κ2) is 11.5. The molecule has 2 heteroatoms. The molecule has 0 aromatic heterocycles. The van der Waals surface area contributed by atoms with Crippen LogP contribution in [0.15, 0.2) is 157 Å². The van der Waals surface area contributed by atoms with Gasteiger partial charge in [0.1, 0.15) is 0 Å². The molecule has 5 aromatic rings. The Hall–Kier alpha value is -4.82. The fraction of sp³-hybridized carbons (Fsp3) is 0.105. The van der Waals surface area contributed by atoms with Crippen LogP contribution in [0.1, 0.15) is 25.3 Å². The van der Waals surface area contributed by atoms with Crippen LogP contribution in [0.25, 0.3) is 11.1 Å². The molecule has 2 nitrogen and oxygen atoms in total. The average Bonchev–Trinajstić information content (AvgIpc) is 3.01. The molecule has 0 heterocycles. The zero-order valence-corrected chi connectivity index (χ0v) is 23.2. The summed E-state index contributed by atoms with van der Waals surface area (Å²) >= 11 is 0. The van der Waals surface area contributed by atoms with Crippen LogP contribution >= 0.6 is 0 Å². The van der Waals surface area contributed by atoms with Gasteiger partial charge < -0.3 is 9.80 Å². The fourth-order valence-electron chi connectivity index (χ4n) is 5.30. The molecule has 5 aromatic carbocycles. The van der Waals surface area contributed by atoms with Gasteiger partial charge in [0.15, 0.2) is 0 Å². The van der Waals surface area contributed by atoms with Crippen LogP contribution in [-0.2, 0) is 0 Å². The summed E-state index contributed by atoms with van der Waals surface area (Å²) in [5.74, 6) is 0. The van der Waals surface area contributed by atoms with Crippen molar-refractivity contribution >= 4 is 28.4 Å². The molecule has 0 saturated carbocycles. The van der Waals surface area contributed by atoms with Gasteiger partial charge in [-0.05, 0) is 105 Å². The summed E-state index contributed by atoms with van der Waals surface area (Å²) in [6.07, 6.45) is 6.66. The number of hydrogen-bond donors (Lipinski definition) is 0. The summed E-state index contributed by atoms with van der Waals surface area (Å²) in [4.78, 5) is 4.69. The Kier molecular flexibility index (Phi) is 7.32. The number of hydrogen-bond acceptors (Lipinski definition) is 2. The number of rotatable bonds is 7. The molecule has 0 fully saturated rings. The molecule has 0 radical (unpaired) electrons. The SMILES string of the molecule is CC1=CC=C(N(c2ccccc2)c2ccc(-c3ccc(N(c4ccccc4)c4ccc(C)cc4)cc3)cc2)CC1. The molecule has 196 valence electrons. The standard InChI is InChI=1S/C38H34N2/c1-29-13-21-35(22-14-29)39(33-9-5-3-6-10-33)37-25-17-31(18-26-37)32-19-27-38(28-20-32)40(34-11-7-4-8-12-34)36-23-15-30(2)16-24-36/h3-15,17-23,25-28H,16,24H2,1-2H3. The maximum absolute atomic E-state index is 2.38. The van der Waals surface area contributed by atoms with Crippen LogP contribution in [0.3, 0.4) is 0 Å². The van der Waals surface area contributed by atoms with Crippen molar-refractivity contribution in [1.29, 1.82) is 0 Å². The lowest BCUT2D eigenvalue weighted by Crippen LogP contribution is -2.17. The Labute approximate surface area is 238 Å². The van der Waals surface area contributed by atoms with Gasteiger partial charge in [-0.3, -0.25) is 0 Å². The first-order chi connectivity index (χ1) is 19.7. The normalized spacial score (nSPS) is 12.8. The largest absolute Gasteiger partial charge is 0.314 e. The molecule has 0 saturated heterocycles. The molecular formula is C38H34N2. The molecule has 0 aliphatic heterocycles. The highest BCUT2D eigenvalue weighted by molar-refractivity contribution is 5.79. The van der Waals surface area contributed by atoms with Gasteiger partial charge in [-0.2, -0.15) is 0 Å². The predicted octanol–water partition coefficient (Wildman–Crippen LogP) is 10.9. The third-order valence-electron chi connectivity index (χ3n) is 7.53. The molecule has 0 amide bonds. The van der Waals surface area contributed by atoms with E-state index in [1.165, 1.54) is 39.3 Å². The molecule has 40 heavy (non-hydrogen) atoms. The monoisotopic (exact) mass is 518 g/mol. The van der Waals surface area contributed by atoms with E-state index in [1.54, 1.807) is 0 Å². The zero-order valence-electron chi connectivity index (χ0n) is 23.2. The molecule has 6 rings (SSSR count). The highest BCUT2D eigenvalue weighted by Crippen LogP contribution is 2.37. The van der Waals surface area contributed by atoms with Gasteiger partial charge >= 0.3 is 0 Å². The number of para-hydroxylation sites is 2. The molecule has 0 atom stereocenters. The first kappa shape index (κ1) is 25.5. The fourth-order valence-corrected chi connectivity index (χ4v) is 5.30. The summed E-state index contributed by atoms with van der Waals surface area (Å²) in [7, 11) is 0. The summed E-state index contributed by atoms with van der Waals surface area (Å²) in [6, 6.07) is 47.8. The van der Waals surface area contributed by atoms with E-state index in [0.29, 0.717) is 0 Å². The second-order valence-corrected chi connectivity index (χ2v) is 10.4. The molecule has 1 aliphatic carbocycles. The van der Waals surface area contributed by atoms with Crippen molar-refractivity contribution in [3.63, 3.8) is 0 Å². The van der Waals surface area contributed by atoms with Crippen LogP contribution in [0, 0.1) is 6.92 Å². The number of aryl methyl sites for hydroxylation is 1.